The van der Waals surface area contributed by atoms with Crippen molar-refractivity contribution in [3.05, 3.63) is 45.4 Å². The number of carbonyl (C=O) groups is 1. The molecule has 0 saturated heterocycles. The molecule has 1 heterocycles. The van der Waals surface area contributed by atoms with Gasteiger partial charge in [0.25, 0.3) is 5.91 Å². The number of aryl methyl sites for hydroxylation is 2. The molecule has 94 valence electrons. The monoisotopic (exact) mass is 262 g/mol. The average molecular weight is 262 g/mol. The Morgan fingerprint density at radius 3 is 2.83 bits per heavy atom. The van der Waals surface area contributed by atoms with E-state index in [1.165, 1.54) is 6.07 Å². The highest BCUT2D eigenvalue weighted by molar-refractivity contribution is 7.11. The molecular weight excluding hydrogens is 248 g/mol. The summed E-state index contributed by atoms with van der Waals surface area (Å²) in [5.74, 6) is 0.0138. The van der Waals surface area contributed by atoms with Crippen molar-refractivity contribution in [1.82, 2.24) is 10.3 Å². The van der Waals surface area contributed by atoms with Crippen LogP contribution in [0.4, 0.5) is 0 Å². The second-order valence-electron chi connectivity index (χ2n) is 4.05. The number of hydrogen-bond acceptors (Lipinski definition) is 4. The number of benzene rings is 1. The van der Waals surface area contributed by atoms with Crippen molar-refractivity contribution >= 4 is 17.2 Å². The fraction of sp³-hybridized carbons (Fsp3) is 0.231. The van der Waals surface area contributed by atoms with Gasteiger partial charge in [-0.05, 0) is 37.6 Å². The average Bonchev–Trinajstić information content (AvgIpc) is 2.72. The maximum absolute atomic E-state index is 11.9. The summed E-state index contributed by atoms with van der Waals surface area (Å²) in [5, 5.41) is 13.0. The second kappa shape index (κ2) is 5.18. The predicted octanol–water partition coefficient (Wildman–Crippen LogP) is 2.40. The third kappa shape index (κ3) is 2.87. The molecule has 0 atom stereocenters. The van der Waals surface area contributed by atoms with Crippen molar-refractivity contribution in [2.24, 2.45) is 0 Å². The number of aromatic hydroxyl groups is 1. The van der Waals surface area contributed by atoms with Gasteiger partial charge in [0.05, 0.1) is 6.54 Å². The molecule has 18 heavy (non-hydrogen) atoms. The van der Waals surface area contributed by atoms with E-state index in [2.05, 4.69) is 10.3 Å². The molecule has 2 aromatic rings. The van der Waals surface area contributed by atoms with E-state index in [-0.39, 0.29) is 11.7 Å². The first-order valence-corrected chi connectivity index (χ1v) is 6.37. The third-order valence-electron chi connectivity index (χ3n) is 2.52. The first-order valence-electron chi connectivity index (χ1n) is 5.55. The van der Waals surface area contributed by atoms with Crippen molar-refractivity contribution in [2.45, 2.75) is 20.4 Å². The lowest BCUT2D eigenvalue weighted by molar-refractivity contribution is 0.0950. The Balaban J connectivity index is 2.03. The SMILES string of the molecule is Cc1cnc(CNC(=O)c2ccc(O)cc2C)s1. The summed E-state index contributed by atoms with van der Waals surface area (Å²) in [7, 11) is 0. The van der Waals surface area contributed by atoms with Gasteiger partial charge in [0.2, 0.25) is 0 Å². The lowest BCUT2D eigenvalue weighted by atomic mass is 10.1. The molecular formula is C13H14N2O2S. The maximum atomic E-state index is 11.9. The minimum absolute atomic E-state index is 0.152. The summed E-state index contributed by atoms with van der Waals surface area (Å²) in [6, 6.07) is 4.70. The molecule has 0 aliphatic heterocycles. The van der Waals surface area contributed by atoms with Gasteiger partial charge in [0, 0.05) is 16.6 Å². The number of aromatic nitrogens is 1. The van der Waals surface area contributed by atoms with Gasteiger partial charge in [-0.2, -0.15) is 0 Å². The zero-order chi connectivity index (χ0) is 13.1. The van der Waals surface area contributed by atoms with Crippen molar-refractivity contribution in [1.29, 1.82) is 0 Å². The van der Waals surface area contributed by atoms with E-state index < -0.39 is 0 Å². The highest BCUT2D eigenvalue weighted by atomic mass is 32.1. The highest BCUT2D eigenvalue weighted by Crippen LogP contribution is 2.16. The molecule has 5 heteroatoms. The highest BCUT2D eigenvalue weighted by Gasteiger charge is 2.09. The van der Waals surface area contributed by atoms with Gasteiger partial charge in [0.15, 0.2) is 0 Å². The number of nitrogens with zero attached hydrogens (tertiary/aromatic N) is 1. The van der Waals surface area contributed by atoms with Gasteiger partial charge in [-0.25, -0.2) is 4.98 Å². The topological polar surface area (TPSA) is 62.2 Å². The van der Waals surface area contributed by atoms with Crippen LogP contribution in [0.25, 0.3) is 0 Å². The van der Waals surface area contributed by atoms with Crippen LogP contribution in [-0.4, -0.2) is 16.0 Å². The fourth-order valence-corrected chi connectivity index (χ4v) is 2.36. The first-order chi connectivity index (χ1) is 8.56. The summed E-state index contributed by atoms with van der Waals surface area (Å²) < 4.78 is 0. The van der Waals surface area contributed by atoms with Crippen LogP contribution in [0, 0.1) is 13.8 Å². The zero-order valence-electron chi connectivity index (χ0n) is 10.2. The maximum Gasteiger partial charge on any atom is 0.251 e. The van der Waals surface area contributed by atoms with Crippen LogP contribution in [0.3, 0.4) is 0 Å². The van der Waals surface area contributed by atoms with Crippen LogP contribution < -0.4 is 5.32 Å². The molecule has 0 radical (unpaired) electrons. The summed E-state index contributed by atoms with van der Waals surface area (Å²) in [6.07, 6.45) is 1.79. The number of rotatable bonds is 3. The van der Waals surface area contributed by atoms with E-state index in [0.29, 0.717) is 12.1 Å². The van der Waals surface area contributed by atoms with E-state index in [1.54, 1.807) is 36.6 Å². The molecule has 0 aliphatic rings. The number of amides is 1. The lowest BCUT2D eigenvalue weighted by Gasteiger charge is -2.06. The second-order valence-corrected chi connectivity index (χ2v) is 5.37. The Morgan fingerprint density at radius 2 is 2.22 bits per heavy atom. The fourth-order valence-electron chi connectivity index (χ4n) is 1.64. The summed E-state index contributed by atoms with van der Waals surface area (Å²) in [6.45, 7) is 4.20. The molecule has 0 spiro atoms. The summed E-state index contributed by atoms with van der Waals surface area (Å²) >= 11 is 1.57. The number of nitrogens with one attached hydrogen (secondary N) is 1. The molecule has 0 fully saturated rings. The minimum Gasteiger partial charge on any atom is -0.508 e. The van der Waals surface area contributed by atoms with Crippen LogP contribution in [0.1, 0.15) is 25.8 Å². The normalized spacial score (nSPS) is 10.3. The van der Waals surface area contributed by atoms with Crippen molar-refractivity contribution < 1.29 is 9.90 Å². The van der Waals surface area contributed by atoms with Crippen molar-refractivity contribution in [2.75, 3.05) is 0 Å². The summed E-state index contributed by atoms with van der Waals surface area (Å²) in [5.41, 5.74) is 1.32. The van der Waals surface area contributed by atoms with Crippen molar-refractivity contribution in [3.63, 3.8) is 0 Å². The first kappa shape index (κ1) is 12.6. The van der Waals surface area contributed by atoms with E-state index >= 15 is 0 Å². The standard InChI is InChI=1S/C13H14N2O2S/c1-8-5-10(16)3-4-11(8)13(17)15-7-12-14-6-9(2)18-12/h3-6,16H,7H2,1-2H3,(H,15,17). The molecule has 2 rings (SSSR count). The van der Waals surface area contributed by atoms with E-state index in [0.717, 1.165) is 15.4 Å². The number of carbonyl (C=O) groups excluding carboxylic acids is 1. The third-order valence-corrected chi connectivity index (χ3v) is 3.44. The number of phenolic OH excluding ortho intramolecular Hbond substituents is 1. The Morgan fingerprint density at radius 1 is 1.44 bits per heavy atom. The molecule has 4 nitrogen and oxygen atoms in total. The molecule has 0 aliphatic carbocycles. The Labute approximate surface area is 109 Å². The van der Waals surface area contributed by atoms with Crippen LogP contribution in [0.5, 0.6) is 5.75 Å². The molecule has 1 aromatic carbocycles. The molecule has 0 bridgehead atoms. The lowest BCUT2D eigenvalue weighted by Crippen LogP contribution is -2.23. The molecule has 1 amide bonds. The van der Waals surface area contributed by atoms with Crippen molar-refractivity contribution in [3.8, 4) is 5.75 Å². The number of thiazole rings is 1. The van der Waals surface area contributed by atoms with Crippen LogP contribution in [-0.2, 0) is 6.54 Å². The molecule has 0 saturated carbocycles. The number of phenols is 1. The number of hydrogen-bond donors (Lipinski definition) is 2. The largest absolute Gasteiger partial charge is 0.508 e. The van der Waals surface area contributed by atoms with E-state index in [9.17, 15) is 9.90 Å². The molecule has 2 N–H and O–H groups in total. The van der Waals surface area contributed by atoms with Crippen LogP contribution >= 0.6 is 11.3 Å². The quantitative estimate of drug-likeness (QED) is 0.892. The van der Waals surface area contributed by atoms with Crippen LogP contribution in [0.15, 0.2) is 24.4 Å². The zero-order valence-corrected chi connectivity index (χ0v) is 11.0. The van der Waals surface area contributed by atoms with Gasteiger partial charge < -0.3 is 10.4 Å². The molecule has 0 unspecified atom stereocenters. The molecule has 1 aromatic heterocycles. The van der Waals surface area contributed by atoms with Gasteiger partial charge >= 0.3 is 0 Å². The Bertz CT molecular complexity index is 578. The van der Waals surface area contributed by atoms with E-state index in [1.807, 2.05) is 6.92 Å². The van der Waals surface area contributed by atoms with Gasteiger partial charge in [-0.15, -0.1) is 11.3 Å². The minimum atomic E-state index is -0.152. The summed E-state index contributed by atoms with van der Waals surface area (Å²) in [4.78, 5) is 17.2. The van der Waals surface area contributed by atoms with Gasteiger partial charge in [0.1, 0.15) is 10.8 Å². The van der Waals surface area contributed by atoms with Gasteiger partial charge in [-0.3, -0.25) is 4.79 Å². The van der Waals surface area contributed by atoms with Crippen LogP contribution in [0.2, 0.25) is 0 Å². The van der Waals surface area contributed by atoms with E-state index in [4.69, 9.17) is 0 Å². The Hall–Kier alpha value is -1.88. The Kier molecular flexibility index (Phi) is 3.62. The van der Waals surface area contributed by atoms with Gasteiger partial charge in [-0.1, -0.05) is 0 Å². The predicted molar refractivity (Wildman–Crippen MR) is 70.9 cm³/mol. The smallest absolute Gasteiger partial charge is 0.251 e.